The molecule has 1 saturated heterocycles. The lowest BCUT2D eigenvalue weighted by Gasteiger charge is -2.35. The van der Waals surface area contributed by atoms with Gasteiger partial charge in [-0.15, -0.1) is 0 Å². The number of rotatable bonds is 5. The van der Waals surface area contributed by atoms with E-state index in [1.807, 2.05) is 32.6 Å². The van der Waals surface area contributed by atoms with Crippen LogP contribution in [0.4, 0.5) is 23.4 Å². The van der Waals surface area contributed by atoms with Gasteiger partial charge in [0.2, 0.25) is 0 Å². The summed E-state index contributed by atoms with van der Waals surface area (Å²) in [5.41, 5.74) is 1.74. The first kappa shape index (κ1) is 35.4. The maximum atomic E-state index is 15.3. The number of aliphatic carboxylic acids is 1. The fourth-order valence-corrected chi connectivity index (χ4v) is 5.23. The fraction of sp³-hybridized carbons (Fsp3) is 0.344. The van der Waals surface area contributed by atoms with E-state index in [0.717, 1.165) is 11.6 Å². The molecular weight excluding hydrogens is 638 g/mol. The number of esters is 1. The van der Waals surface area contributed by atoms with Gasteiger partial charge in [0.25, 0.3) is 0 Å². The summed E-state index contributed by atoms with van der Waals surface area (Å²) in [6, 6.07) is 9.27. The number of hydrogen-bond donors (Lipinski definition) is 2. The first-order valence-corrected chi connectivity index (χ1v) is 14.6. The van der Waals surface area contributed by atoms with Gasteiger partial charge >= 0.3 is 23.8 Å². The summed E-state index contributed by atoms with van der Waals surface area (Å²) in [7, 11) is 1.23. The molecule has 1 fully saturated rings. The highest BCUT2D eigenvalue weighted by Gasteiger charge is 2.38. The lowest BCUT2D eigenvalue weighted by atomic mass is 10.0. The molecule has 4 aromatic rings. The van der Waals surface area contributed by atoms with Crippen molar-refractivity contribution in [1.29, 1.82) is 5.26 Å². The zero-order valence-electron chi connectivity index (χ0n) is 26.5. The van der Waals surface area contributed by atoms with E-state index in [1.165, 1.54) is 23.8 Å². The molecule has 3 aromatic heterocycles. The Morgan fingerprint density at radius 2 is 1.88 bits per heavy atom. The third kappa shape index (κ3) is 7.10. The van der Waals surface area contributed by atoms with Crippen molar-refractivity contribution >= 4 is 28.8 Å². The number of ether oxygens (including phenoxy) is 1. The molecule has 0 amide bonds. The number of alkyl halides is 3. The van der Waals surface area contributed by atoms with Gasteiger partial charge in [-0.2, -0.15) is 23.4 Å². The molecule has 12 nitrogen and oxygen atoms in total. The molecule has 0 radical (unpaired) electrons. The van der Waals surface area contributed by atoms with Crippen LogP contribution in [-0.4, -0.2) is 75.5 Å². The van der Waals surface area contributed by atoms with E-state index >= 15 is 4.39 Å². The van der Waals surface area contributed by atoms with Gasteiger partial charge in [-0.25, -0.2) is 28.3 Å². The second-order valence-electron chi connectivity index (χ2n) is 11.2. The van der Waals surface area contributed by atoms with Crippen LogP contribution < -0.4 is 15.9 Å². The minimum atomic E-state index is -5.08. The second-order valence-corrected chi connectivity index (χ2v) is 11.2. The summed E-state index contributed by atoms with van der Waals surface area (Å²) in [6.07, 6.45) is -3.40. The number of pyridine rings is 2. The first-order valence-electron chi connectivity index (χ1n) is 14.6. The molecule has 0 aliphatic carbocycles. The highest BCUT2D eigenvalue weighted by atomic mass is 19.4. The van der Waals surface area contributed by atoms with Gasteiger partial charge in [0.05, 0.1) is 40.7 Å². The number of benzene rings is 1. The van der Waals surface area contributed by atoms with Crippen LogP contribution in [0.2, 0.25) is 0 Å². The van der Waals surface area contributed by atoms with Gasteiger partial charge in [-0.05, 0) is 55.7 Å². The molecule has 1 atom stereocenters. The van der Waals surface area contributed by atoms with Gasteiger partial charge in [0.1, 0.15) is 17.7 Å². The zero-order chi connectivity index (χ0) is 35.5. The van der Waals surface area contributed by atoms with Crippen molar-refractivity contribution in [2.24, 2.45) is 0 Å². The van der Waals surface area contributed by atoms with E-state index in [1.54, 1.807) is 18.3 Å². The Morgan fingerprint density at radius 3 is 2.46 bits per heavy atom. The minimum Gasteiger partial charge on any atom is -0.475 e. The van der Waals surface area contributed by atoms with Crippen LogP contribution in [0.15, 0.2) is 41.3 Å². The molecule has 5 rings (SSSR count). The van der Waals surface area contributed by atoms with E-state index in [2.05, 4.69) is 21.4 Å². The average molecular weight is 670 g/mol. The number of nitrogens with zero attached hydrogens (tertiary/aromatic N) is 6. The number of piperazine rings is 1. The third-order valence-electron chi connectivity index (χ3n) is 7.55. The molecule has 2 N–H and O–H groups in total. The van der Waals surface area contributed by atoms with Crippen molar-refractivity contribution in [3.8, 4) is 23.0 Å². The van der Waals surface area contributed by atoms with E-state index < -0.39 is 29.6 Å². The molecule has 0 saturated carbocycles. The summed E-state index contributed by atoms with van der Waals surface area (Å²) < 4.78 is 53.2. The number of nitriles is 1. The zero-order valence-corrected chi connectivity index (χ0v) is 26.5. The summed E-state index contributed by atoms with van der Waals surface area (Å²) in [6.45, 7) is 9.82. The third-order valence-corrected chi connectivity index (χ3v) is 7.55. The predicted octanol–water partition coefficient (Wildman–Crippen LogP) is 4.50. The Morgan fingerprint density at radius 1 is 1.19 bits per heavy atom. The second kappa shape index (κ2) is 14.1. The quantitative estimate of drug-likeness (QED) is 0.227. The van der Waals surface area contributed by atoms with Gasteiger partial charge in [-0.1, -0.05) is 13.8 Å². The van der Waals surface area contributed by atoms with Crippen molar-refractivity contribution in [1.82, 2.24) is 24.8 Å². The smallest absolute Gasteiger partial charge is 0.475 e. The van der Waals surface area contributed by atoms with Crippen molar-refractivity contribution in [3.05, 3.63) is 75.2 Å². The number of aryl methyl sites for hydroxylation is 1. The SMILES string of the molecule is COC(=O)c1ccc(F)c(-c2nc3c(cc2C#N)c(N2CCNC[C@@H]2C)nc(=O)n3-c2c(C)ccnc2C(C)C)c1.O=C(O)C(F)(F)F. The van der Waals surface area contributed by atoms with Crippen LogP contribution in [0, 0.1) is 24.1 Å². The van der Waals surface area contributed by atoms with Crippen LogP contribution in [-0.2, 0) is 9.53 Å². The van der Waals surface area contributed by atoms with Crippen LogP contribution in [0.3, 0.4) is 0 Å². The number of halogens is 4. The molecule has 1 aliphatic heterocycles. The fourth-order valence-electron chi connectivity index (χ4n) is 5.23. The molecule has 4 heterocycles. The summed E-state index contributed by atoms with van der Waals surface area (Å²) >= 11 is 0. The molecule has 0 unspecified atom stereocenters. The first-order chi connectivity index (χ1) is 22.6. The Hall–Kier alpha value is -5.43. The normalized spacial score (nSPS) is 14.7. The minimum absolute atomic E-state index is 0.00504. The van der Waals surface area contributed by atoms with Gasteiger partial charge < -0.3 is 20.1 Å². The van der Waals surface area contributed by atoms with E-state index in [-0.39, 0.29) is 40.0 Å². The molecular formula is C32H31F4N7O5. The van der Waals surface area contributed by atoms with E-state index in [4.69, 9.17) is 19.6 Å². The lowest BCUT2D eigenvalue weighted by Crippen LogP contribution is -2.50. The number of carbonyl (C=O) groups is 2. The molecule has 16 heteroatoms. The molecule has 48 heavy (non-hydrogen) atoms. The predicted molar refractivity (Wildman–Crippen MR) is 167 cm³/mol. The molecule has 252 valence electrons. The van der Waals surface area contributed by atoms with Gasteiger partial charge in [-0.3, -0.25) is 4.98 Å². The largest absolute Gasteiger partial charge is 0.490 e. The number of aromatic nitrogens is 4. The van der Waals surface area contributed by atoms with Crippen molar-refractivity contribution in [2.75, 3.05) is 31.6 Å². The molecule has 1 aromatic carbocycles. The van der Waals surface area contributed by atoms with Crippen LogP contribution in [0.5, 0.6) is 0 Å². The number of nitrogens with one attached hydrogen (secondary N) is 1. The van der Waals surface area contributed by atoms with Gasteiger partial charge in [0, 0.05) is 37.4 Å². The van der Waals surface area contributed by atoms with E-state index in [0.29, 0.717) is 42.2 Å². The number of anilines is 1. The number of methoxy groups -OCH3 is 1. The summed E-state index contributed by atoms with van der Waals surface area (Å²) in [4.78, 5) is 51.0. The number of hydrogen-bond acceptors (Lipinski definition) is 10. The molecule has 0 spiro atoms. The highest BCUT2D eigenvalue weighted by Crippen LogP contribution is 2.34. The summed E-state index contributed by atoms with van der Waals surface area (Å²) in [5, 5.41) is 21.1. The Bertz CT molecular complexity index is 1990. The van der Waals surface area contributed by atoms with Crippen LogP contribution in [0.25, 0.3) is 28.0 Å². The maximum Gasteiger partial charge on any atom is 0.490 e. The number of carboxylic acid groups (broad SMARTS) is 1. The van der Waals surface area contributed by atoms with Crippen molar-refractivity contribution < 1.29 is 37.0 Å². The molecule has 1 aliphatic rings. The average Bonchev–Trinajstić information content (AvgIpc) is 3.04. The highest BCUT2D eigenvalue weighted by molar-refractivity contribution is 5.94. The molecule has 0 bridgehead atoms. The number of fused-ring (bicyclic) bond motifs is 1. The van der Waals surface area contributed by atoms with Crippen LogP contribution in [0.1, 0.15) is 53.9 Å². The monoisotopic (exact) mass is 669 g/mol. The van der Waals surface area contributed by atoms with Gasteiger partial charge in [0.15, 0.2) is 5.65 Å². The van der Waals surface area contributed by atoms with Crippen LogP contribution >= 0.6 is 0 Å². The van der Waals surface area contributed by atoms with E-state index in [9.17, 15) is 28.0 Å². The Labute approximate surface area is 271 Å². The Balaban J connectivity index is 0.000000671. The van der Waals surface area contributed by atoms with Crippen molar-refractivity contribution in [3.63, 3.8) is 0 Å². The summed E-state index contributed by atoms with van der Waals surface area (Å²) in [5.74, 6) is -3.73. The standard InChI is InChI=1S/C30H30FN7O3.C2HF3O2/c1-16(2)24-26(17(3)8-9-34-24)38-28-22(27(36-30(38)40)37-11-10-33-15-18(37)4)13-20(14-32)25(35-28)21-12-19(29(39)41-5)6-7-23(21)31;3-2(4,5)1(6)7/h6-9,12-13,16,18,33H,10-11,15H2,1-5H3;(H,6,7)/t18-;/m0./s1. The number of carbonyl (C=O) groups excluding carboxylic acids is 1. The Kier molecular flexibility index (Phi) is 10.4. The number of carboxylic acids is 1. The maximum absolute atomic E-state index is 15.3. The van der Waals surface area contributed by atoms with Crippen molar-refractivity contribution in [2.45, 2.75) is 45.8 Å². The topological polar surface area (TPSA) is 163 Å². The lowest BCUT2D eigenvalue weighted by molar-refractivity contribution is -0.192.